The first-order valence-electron chi connectivity index (χ1n) is 38.6. The summed E-state index contributed by atoms with van der Waals surface area (Å²) in [5.74, 6) is 0.112. The van der Waals surface area contributed by atoms with E-state index < -0.39 is 29.5 Å². The van der Waals surface area contributed by atoms with Crippen LogP contribution in [-0.2, 0) is 21.7 Å². The third-order valence-electron chi connectivity index (χ3n) is 21.5. The molecule has 2 aliphatic heterocycles. The summed E-state index contributed by atoms with van der Waals surface area (Å²) in [6.07, 6.45) is 5.59. The molecule has 0 spiro atoms. The quantitative estimate of drug-likeness (QED) is 0.0250. The second kappa shape index (κ2) is 29.1. The highest BCUT2D eigenvalue weighted by molar-refractivity contribution is 6.45. The van der Waals surface area contributed by atoms with Crippen LogP contribution in [0, 0.1) is 0 Å². The lowest BCUT2D eigenvalue weighted by Crippen LogP contribution is -2.44. The number of hydrogen-bond acceptors (Lipinski definition) is 13. The molecule has 0 atom stereocenters. The molecule has 3 heterocycles. The zero-order chi connectivity index (χ0) is 79.0. The van der Waals surface area contributed by atoms with Gasteiger partial charge < -0.3 is 34.5 Å². The SMILES string of the molecule is CCCCCCCCN1C(=O)c2cc(Oc3ccc(C(C)(C)C)cc3)c3c4c(Oc5ccc(C(C)(C)C)cc5)cc5c6c(cc(Oc7ccc(C(C)(C)C)cc7)c(c7c(Oc8ccc(C(C)(C)C)cc8)cc(c2c37)C1=O)c64)C(=O)N(CCNC(=O)c1ccc(-n2nc(-c3ccccc3O)nc2-c2ccccc2O)cc1)C5=O. The number of carbonyl (C=O) groups excluding carboxylic acids is 5. The maximum absolute atomic E-state index is 16.1. The number of phenols is 2. The van der Waals surface area contributed by atoms with E-state index in [-0.39, 0.29) is 121 Å². The van der Waals surface area contributed by atoms with Crippen LogP contribution in [0.1, 0.15) is 203 Å². The van der Waals surface area contributed by atoms with Crippen LogP contribution < -0.4 is 24.3 Å². The molecule has 17 heteroatoms. The molecular formula is C95H92N6O11. The van der Waals surface area contributed by atoms with Crippen molar-refractivity contribution in [1.82, 2.24) is 29.9 Å². The Bertz CT molecular complexity index is 5630. The highest BCUT2D eigenvalue weighted by atomic mass is 16.5. The van der Waals surface area contributed by atoms with Gasteiger partial charge >= 0.3 is 0 Å². The van der Waals surface area contributed by atoms with Crippen molar-refractivity contribution in [3.05, 3.63) is 244 Å². The predicted molar refractivity (Wildman–Crippen MR) is 441 cm³/mol. The van der Waals surface area contributed by atoms with Crippen LogP contribution in [0.5, 0.6) is 57.5 Å². The van der Waals surface area contributed by atoms with Crippen molar-refractivity contribution in [2.24, 2.45) is 0 Å². The number of imide groups is 2. The minimum atomic E-state index is -0.673. The Hall–Kier alpha value is -12.4. The highest BCUT2D eigenvalue weighted by Gasteiger charge is 2.42. The first-order valence-corrected chi connectivity index (χ1v) is 38.6. The van der Waals surface area contributed by atoms with Crippen molar-refractivity contribution in [2.75, 3.05) is 19.6 Å². The van der Waals surface area contributed by atoms with Gasteiger partial charge in [-0.15, -0.1) is 5.10 Å². The molecule has 12 aromatic carbocycles. The lowest BCUT2D eigenvalue weighted by atomic mass is 9.80. The van der Waals surface area contributed by atoms with Crippen LogP contribution in [-0.4, -0.2) is 83.9 Å². The van der Waals surface area contributed by atoms with E-state index in [9.17, 15) is 15.0 Å². The van der Waals surface area contributed by atoms with E-state index in [1.54, 1.807) is 91.0 Å². The second-order valence-electron chi connectivity index (χ2n) is 33.5. The molecule has 5 amide bonds. The van der Waals surface area contributed by atoms with Crippen molar-refractivity contribution in [2.45, 2.75) is 150 Å². The van der Waals surface area contributed by atoms with Crippen molar-refractivity contribution in [3.8, 4) is 86.0 Å². The van der Waals surface area contributed by atoms with Crippen molar-refractivity contribution < 1.29 is 53.1 Å². The van der Waals surface area contributed by atoms with Gasteiger partial charge in [0.15, 0.2) is 11.6 Å². The number of nitrogens with zero attached hydrogens (tertiary/aromatic N) is 5. The topological polar surface area (TPSA) is 212 Å². The number of fused-ring (bicyclic) bond motifs is 2. The number of benzene rings is 12. The fourth-order valence-corrected chi connectivity index (χ4v) is 15.2. The molecule has 17 nitrogen and oxygen atoms in total. The summed E-state index contributed by atoms with van der Waals surface area (Å²) >= 11 is 0. The van der Waals surface area contributed by atoms with Crippen LogP contribution in [0.3, 0.4) is 0 Å². The molecule has 112 heavy (non-hydrogen) atoms. The summed E-state index contributed by atoms with van der Waals surface area (Å²) in [4.78, 5) is 85.6. The van der Waals surface area contributed by atoms with Crippen LogP contribution in [0.15, 0.2) is 194 Å². The molecule has 3 N–H and O–H groups in total. The first-order chi connectivity index (χ1) is 53.4. The van der Waals surface area contributed by atoms with Gasteiger partial charge in [-0.05, 0) is 172 Å². The number of ether oxygens (including phenoxy) is 4. The minimum Gasteiger partial charge on any atom is -0.507 e. The molecule has 568 valence electrons. The summed E-state index contributed by atoms with van der Waals surface area (Å²) in [5, 5.41) is 32.6. The summed E-state index contributed by atoms with van der Waals surface area (Å²) in [7, 11) is 0. The number of carbonyl (C=O) groups is 5. The fraction of sp³-hybridized carbons (Fsp3) is 0.274. The zero-order valence-corrected chi connectivity index (χ0v) is 65.6. The number of aromatic hydroxyl groups is 2. The monoisotopic (exact) mass is 1490 g/mol. The van der Waals surface area contributed by atoms with Crippen molar-refractivity contribution in [1.29, 1.82) is 0 Å². The Morgan fingerprint density at radius 2 is 0.723 bits per heavy atom. The molecule has 0 unspecified atom stereocenters. The molecule has 0 saturated heterocycles. The van der Waals surface area contributed by atoms with Crippen LogP contribution in [0.4, 0.5) is 0 Å². The highest BCUT2D eigenvalue weighted by Crippen LogP contribution is 2.58. The van der Waals surface area contributed by atoms with Gasteiger partial charge in [0.2, 0.25) is 0 Å². The predicted octanol–water partition coefficient (Wildman–Crippen LogP) is 22.4. The molecule has 0 saturated carbocycles. The maximum atomic E-state index is 16.1. The van der Waals surface area contributed by atoms with E-state index in [0.717, 1.165) is 59.3 Å². The molecular weight excluding hydrogens is 1400 g/mol. The Morgan fingerprint density at radius 3 is 1.08 bits per heavy atom. The zero-order valence-electron chi connectivity index (χ0n) is 65.6. The van der Waals surface area contributed by atoms with E-state index in [4.69, 9.17) is 29.0 Å². The fourth-order valence-electron chi connectivity index (χ4n) is 15.2. The Morgan fingerprint density at radius 1 is 0.384 bits per heavy atom. The number of para-hydroxylation sites is 2. The van der Waals surface area contributed by atoms with E-state index in [1.807, 2.05) is 97.1 Å². The van der Waals surface area contributed by atoms with Gasteiger partial charge in [0, 0.05) is 68.3 Å². The molecule has 1 aromatic heterocycles. The molecule has 0 radical (unpaired) electrons. The standard InChI is InChI=1S/C95H92N6O11/c1-14-15-16-17-18-23-49-99-88(105)67-51-73(109-61-40-30-56(31-41-61)92(2,3)4)79-81-75(111-63-44-34-58(35-45-63)94(8,9)10)53-69-78-70(91(108)100(90(69)107)50-48-96-87(104)55-28-38-60(39-29-55)101-86(66-25-20-22-27-72(66)103)97-85(98-101)65-24-19-21-26-71(65)102)54-76(112-64-46-36-59(37-47-64)95(11,12)13)82(84(78)81)80-74(52-68(89(99)106)77(67)83(79)80)110-62-42-32-57(33-43-62)93(5,6)7/h19-22,24-47,51-54,102-103H,14-18,23,48-50H2,1-13H3,(H,96,104). The lowest BCUT2D eigenvalue weighted by molar-refractivity contribution is 0.0593. The third-order valence-corrected chi connectivity index (χ3v) is 21.5. The molecule has 15 rings (SSSR count). The molecule has 0 aliphatic carbocycles. The van der Waals surface area contributed by atoms with Gasteiger partial charge in [0.1, 0.15) is 57.5 Å². The minimum absolute atomic E-state index is 0.0315. The van der Waals surface area contributed by atoms with E-state index >= 15 is 19.2 Å². The average molecular weight is 1490 g/mol. The average Bonchev–Trinajstić information content (AvgIpc) is 0.735. The molecule has 2 aliphatic rings. The lowest BCUT2D eigenvalue weighted by Gasteiger charge is -2.32. The Labute approximate surface area is 652 Å². The van der Waals surface area contributed by atoms with Gasteiger partial charge in [0.05, 0.1) is 39.1 Å². The summed E-state index contributed by atoms with van der Waals surface area (Å²) in [6.45, 7) is 27.5. The second-order valence-corrected chi connectivity index (χ2v) is 33.5. The van der Waals surface area contributed by atoms with E-state index in [0.29, 0.717) is 83.9 Å². The Kier molecular flexibility index (Phi) is 19.5. The summed E-state index contributed by atoms with van der Waals surface area (Å²) < 4.78 is 30.9. The first kappa shape index (κ1) is 75.1. The van der Waals surface area contributed by atoms with Gasteiger partial charge in [-0.25, -0.2) is 9.67 Å². The molecule has 0 fully saturated rings. The van der Waals surface area contributed by atoms with Gasteiger partial charge in [-0.3, -0.25) is 33.8 Å². The van der Waals surface area contributed by atoms with Crippen molar-refractivity contribution >= 4 is 72.6 Å². The Balaban J connectivity index is 0.935. The largest absolute Gasteiger partial charge is 0.507 e. The number of phenolic OH excluding ortho intramolecular Hbond substituents is 2. The summed E-state index contributed by atoms with van der Waals surface area (Å²) in [6, 6.07) is 58.0. The number of aromatic nitrogens is 3. The van der Waals surface area contributed by atoms with E-state index in [2.05, 4.69) is 95.3 Å². The van der Waals surface area contributed by atoms with Crippen LogP contribution >= 0.6 is 0 Å². The van der Waals surface area contributed by atoms with Crippen molar-refractivity contribution in [3.63, 3.8) is 0 Å². The van der Waals surface area contributed by atoms with Crippen LogP contribution in [0.25, 0.3) is 71.6 Å². The molecule has 13 aromatic rings. The number of nitrogens with one attached hydrogen (secondary N) is 1. The van der Waals surface area contributed by atoms with E-state index in [1.165, 1.54) is 15.6 Å². The smallest absolute Gasteiger partial charge is 0.261 e. The number of amides is 5. The normalized spacial score (nSPS) is 13.3. The molecule has 0 bridgehead atoms. The van der Waals surface area contributed by atoms with Gasteiger partial charge in [-0.2, -0.15) is 0 Å². The maximum Gasteiger partial charge on any atom is 0.261 e. The summed E-state index contributed by atoms with van der Waals surface area (Å²) in [5.41, 5.74) is 5.48. The number of hydrogen-bond donors (Lipinski definition) is 3. The van der Waals surface area contributed by atoms with Crippen LogP contribution in [0.2, 0.25) is 0 Å². The number of rotatable bonds is 22. The van der Waals surface area contributed by atoms with Gasteiger partial charge in [-0.1, -0.05) is 195 Å². The van der Waals surface area contributed by atoms with Gasteiger partial charge in [0.25, 0.3) is 29.5 Å². The number of unbranched alkanes of at least 4 members (excludes halogenated alkanes) is 5. The third kappa shape index (κ3) is 14.2.